The standard InChI is InChI=1S/C24H25BrN2O4S/c1-17-8-14-21(15-9-17)32(29,30)27(20-12-10-19(25)11-13-20)16-24(28)26-18(2)22-6-4-5-7-23(22)31-3/h4-15,18H,16H2,1-3H3,(H,26,28). The summed E-state index contributed by atoms with van der Waals surface area (Å²) < 4.78 is 34.2. The molecule has 0 aliphatic rings. The Morgan fingerprint density at radius 1 is 1.03 bits per heavy atom. The van der Waals surface area contributed by atoms with Crippen molar-refractivity contribution in [1.29, 1.82) is 0 Å². The maximum absolute atomic E-state index is 13.4. The second kappa shape index (κ2) is 10.2. The molecule has 0 saturated heterocycles. The number of ether oxygens (including phenoxy) is 1. The normalized spacial score (nSPS) is 12.1. The van der Waals surface area contributed by atoms with Crippen LogP contribution >= 0.6 is 15.9 Å². The van der Waals surface area contributed by atoms with E-state index in [1.165, 1.54) is 0 Å². The Hall–Kier alpha value is -2.84. The van der Waals surface area contributed by atoms with Crippen molar-refractivity contribution in [2.75, 3.05) is 18.0 Å². The molecule has 3 aromatic rings. The zero-order chi connectivity index (χ0) is 23.3. The molecule has 3 aromatic carbocycles. The van der Waals surface area contributed by atoms with Crippen LogP contribution in [0.2, 0.25) is 0 Å². The van der Waals surface area contributed by atoms with Crippen LogP contribution in [0.25, 0.3) is 0 Å². The number of rotatable bonds is 8. The van der Waals surface area contributed by atoms with Gasteiger partial charge in [-0.05, 0) is 56.3 Å². The minimum absolute atomic E-state index is 0.122. The SMILES string of the molecule is COc1ccccc1C(C)NC(=O)CN(c1ccc(Br)cc1)S(=O)(=O)c1ccc(C)cc1. The van der Waals surface area contributed by atoms with Crippen molar-refractivity contribution in [3.63, 3.8) is 0 Å². The van der Waals surface area contributed by atoms with Crippen molar-refractivity contribution in [2.24, 2.45) is 0 Å². The third-order valence-electron chi connectivity index (χ3n) is 4.99. The monoisotopic (exact) mass is 516 g/mol. The van der Waals surface area contributed by atoms with E-state index in [2.05, 4.69) is 21.2 Å². The van der Waals surface area contributed by atoms with Gasteiger partial charge in [-0.3, -0.25) is 9.10 Å². The number of nitrogens with zero attached hydrogens (tertiary/aromatic N) is 1. The average Bonchev–Trinajstić information content (AvgIpc) is 2.78. The highest BCUT2D eigenvalue weighted by Crippen LogP contribution is 2.27. The molecule has 0 saturated carbocycles. The number of amides is 1. The van der Waals surface area contributed by atoms with Gasteiger partial charge in [0.05, 0.1) is 23.7 Å². The molecule has 1 atom stereocenters. The zero-order valence-corrected chi connectivity index (χ0v) is 20.5. The number of halogens is 1. The molecule has 0 aliphatic carbocycles. The Kier molecular flexibility index (Phi) is 7.58. The molecule has 1 N–H and O–H groups in total. The van der Waals surface area contributed by atoms with Crippen LogP contribution in [0.5, 0.6) is 5.75 Å². The largest absolute Gasteiger partial charge is 0.496 e. The molecule has 0 aliphatic heterocycles. The molecule has 0 radical (unpaired) electrons. The van der Waals surface area contributed by atoms with Gasteiger partial charge >= 0.3 is 0 Å². The Labute approximate surface area is 197 Å². The number of hydrogen-bond acceptors (Lipinski definition) is 4. The van der Waals surface area contributed by atoms with Gasteiger partial charge in [0.25, 0.3) is 10.0 Å². The Morgan fingerprint density at radius 2 is 1.66 bits per heavy atom. The lowest BCUT2D eigenvalue weighted by Crippen LogP contribution is -2.41. The molecular weight excluding hydrogens is 492 g/mol. The molecule has 8 heteroatoms. The van der Waals surface area contributed by atoms with Crippen LogP contribution < -0.4 is 14.4 Å². The summed E-state index contributed by atoms with van der Waals surface area (Å²) in [5.41, 5.74) is 2.15. The molecule has 1 unspecified atom stereocenters. The number of nitrogens with one attached hydrogen (secondary N) is 1. The second-order valence-electron chi connectivity index (χ2n) is 7.33. The van der Waals surface area contributed by atoms with Crippen LogP contribution in [0.1, 0.15) is 24.1 Å². The number of methoxy groups -OCH3 is 1. The highest BCUT2D eigenvalue weighted by Gasteiger charge is 2.28. The van der Waals surface area contributed by atoms with Gasteiger partial charge in [0, 0.05) is 10.0 Å². The molecule has 6 nitrogen and oxygen atoms in total. The molecule has 0 fully saturated rings. The third-order valence-corrected chi connectivity index (χ3v) is 7.31. The van der Waals surface area contributed by atoms with Gasteiger partial charge in [0.15, 0.2) is 0 Å². The summed E-state index contributed by atoms with van der Waals surface area (Å²) in [6.07, 6.45) is 0. The topological polar surface area (TPSA) is 75.7 Å². The lowest BCUT2D eigenvalue weighted by Gasteiger charge is -2.25. The van der Waals surface area contributed by atoms with Crippen molar-refractivity contribution in [1.82, 2.24) is 5.32 Å². The summed E-state index contributed by atoms with van der Waals surface area (Å²) >= 11 is 3.36. The van der Waals surface area contributed by atoms with Crippen LogP contribution in [0, 0.1) is 6.92 Å². The Morgan fingerprint density at radius 3 is 2.28 bits per heavy atom. The minimum atomic E-state index is -3.96. The first kappa shape index (κ1) is 23.8. The molecule has 1 amide bonds. The summed E-state index contributed by atoms with van der Waals surface area (Å²) in [5.74, 6) is 0.222. The molecule has 0 spiro atoms. The van der Waals surface area contributed by atoms with Crippen molar-refractivity contribution in [2.45, 2.75) is 24.8 Å². The van der Waals surface area contributed by atoms with Gasteiger partial charge in [-0.25, -0.2) is 8.42 Å². The highest BCUT2D eigenvalue weighted by atomic mass is 79.9. The highest BCUT2D eigenvalue weighted by molar-refractivity contribution is 9.10. The van der Waals surface area contributed by atoms with Crippen LogP contribution in [-0.2, 0) is 14.8 Å². The number of anilines is 1. The quantitative estimate of drug-likeness (QED) is 0.464. The first-order valence-electron chi connectivity index (χ1n) is 9.99. The van der Waals surface area contributed by atoms with Crippen molar-refractivity contribution >= 4 is 37.5 Å². The predicted octanol–water partition coefficient (Wildman–Crippen LogP) is 4.84. The van der Waals surface area contributed by atoms with Crippen molar-refractivity contribution < 1.29 is 17.9 Å². The number of para-hydroxylation sites is 1. The zero-order valence-electron chi connectivity index (χ0n) is 18.1. The summed E-state index contributed by atoms with van der Waals surface area (Å²) in [4.78, 5) is 13.1. The maximum Gasteiger partial charge on any atom is 0.264 e. The number of aryl methyl sites for hydroxylation is 1. The summed E-state index contributed by atoms with van der Waals surface area (Å²) in [5, 5.41) is 2.88. The first-order chi connectivity index (χ1) is 15.2. The van der Waals surface area contributed by atoms with E-state index in [9.17, 15) is 13.2 Å². The van der Waals surface area contributed by atoms with E-state index in [-0.39, 0.29) is 17.5 Å². The van der Waals surface area contributed by atoms with Crippen LogP contribution in [0.3, 0.4) is 0 Å². The smallest absolute Gasteiger partial charge is 0.264 e. The maximum atomic E-state index is 13.4. The molecule has 3 rings (SSSR count). The van der Waals surface area contributed by atoms with Gasteiger partial charge in [-0.15, -0.1) is 0 Å². The summed E-state index contributed by atoms with van der Waals surface area (Å²) in [6, 6.07) is 20.4. The number of carbonyl (C=O) groups is 1. The van der Waals surface area contributed by atoms with Crippen LogP contribution in [0.4, 0.5) is 5.69 Å². The van der Waals surface area contributed by atoms with Gasteiger partial charge in [0.2, 0.25) is 5.91 Å². The van der Waals surface area contributed by atoms with E-state index >= 15 is 0 Å². The van der Waals surface area contributed by atoms with E-state index in [4.69, 9.17) is 4.74 Å². The fourth-order valence-corrected chi connectivity index (χ4v) is 4.96. The first-order valence-corrected chi connectivity index (χ1v) is 12.2. The van der Waals surface area contributed by atoms with Gasteiger partial charge < -0.3 is 10.1 Å². The lowest BCUT2D eigenvalue weighted by molar-refractivity contribution is -0.120. The average molecular weight is 517 g/mol. The fraction of sp³-hybridized carbons (Fsp3) is 0.208. The number of carbonyl (C=O) groups excluding carboxylic acids is 1. The van der Waals surface area contributed by atoms with E-state index in [1.54, 1.807) is 55.6 Å². The van der Waals surface area contributed by atoms with Crippen LogP contribution in [0.15, 0.2) is 82.2 Å². The van der Waals surface area contributed by atoms with Gasteiger partial charge in [-0.2, -0.15) is 0 Å². The van der Waals surface area contributed by atoms with E-state index < -0.39 is 15.9 Å². The molecule has 0 bridgehead atoms. The number of hydrogen-bond donors (Lipinski definition) is 1. The molecule has 168 valence electrons. The fourth-order valence-electron chi connectivity index (χ4n) is 3.28. The summed E-state index contributed by atoms with van der Waals surface area (Å²) in [7, 11) is -2.39. The molecular formula is C24H25BrN2O4S. The Balaban J connectivity index is 1.89. The molecule has 0 heterocycles. The van der Waals surface area contributed by atoms with E-state index in [1.807, 2.05) is 38.1 Å². The Bertz CT molecular complexity index is 1180. The molecule has 32 heavy (non-hydrogen) atoms. The number of benzene rings is 3. The summed E-state index contributed by atoms with van der Waals surface area (Å²) in [6.45, 7) is 3.35. The third kappa shape index (κ3) is 5.49. The van der Waals surface area contributed by atoms with Gasteiger partial charge in [0.1, 0.15) is 12.3 Å². The second-order valence-corrected chi connectivity index (χ2v) is 10.1. The lowest BCUT2D eigenvalue weighted by atomic mass is 10.1. The predicted molar refractivity (Wildman–Crippen MR) is 129 cm³/mol. The molecule has 0 aromatic heterocycles. The van der Waals surface area contributed by atoms with Crippen LogP contribution in [-0.4, -0.2) is 28.0 Å². The van der Waals surface area contributed by atoms with Crippen molar-refractivity contribution in [3.8, 4) is 5.75 Å². The van der Waals surface area contributed by atoms with E-state index in [0.717, 1.165) is 19.9 Å². The van der Waals surface area contributed by atoms with Crippen molar-refractivity contribution in [3.05, 3.63) is 88.4 Å². The number of sulfonamides is 1. The van der Waals surface area contributed by atoms with Gasteiger partial charge in [-0.1, -0.05) is 51.8 Å². The van der Waals surface area contributed by atoms with E-state index in [0.29, 0.717) is 11.4 Å². The minimum Gasteiger partial charge on any atom is -0.496 e.